The number of fused-ring (bicyclic) bond motifs is 1. The summed E-state index contributed by atoms with van der Waals surface area (Å²) in [6.07, 6.45) is 3.02. The molecule has 0 aliphatic carbocycles. The van der Waals surface area contributed by atoms with E-state index in [1.54, 1.807) is 14.2 Å². The summed E-state index contributed by atoms with van der Waals surface area (Å²) in [4.78, 5) is 21.4. The lowest BCUT2D eigenvalue weighted by atomic mass is 10.0. The monoisotopic (exact) mass is 421 g/mol. The molecule has 164 valence electrons. The molecule has 0 aromatic heterocycles. The van der Waals surface area contributed by atoms with Crippen LogP contribution in [-0.2, 0) is 11.2 Å². The van der Waals surface area contributed by atoms with Gasteiger partial charge in [0.25, 0.3) is 0 Å². The molecule has 4 rings (SSSR count). The molecule has 1 fully saturated rings. The number of benzene rings is 2. The van der Waals surface area contributed by atoms with E-state index in [1.807, 2.05) is 41.3 Å². The number of carbonyl (C=O) groups excluding carboxylic acids is 1. The van der Waals surface area contributed by atoms with E-state index >= 15 is 0 Å². The molecular formula is C24H31N5O2. The van der Waals surface area contributed by atoms with Gasteiger partial charge in [-0.05, 0) is 43.0 Å². The largest absolute Gasteiger partial charge is 0.495 e. The average Bonchev–Trinajstić information content (AvgIpc) is 3.29. The molecule has 7 nitrogen and oxygen atoms in total. The summed E-state index contributed by atoms with van der Waals surface area (Å²) in [7, 11) is 3.44. The van der Waals surface area contributed by atoms with E-state index < -0.39 is 0 Å². The zero-order valence-corrected chi connectivity index (χ0v) is 18.3. The number of hydrogen-bond donors (Lipinski definition) is 2. The highest BCUT2D eigenvalue weighted by Gasteiger charge is 2.26. The van der Waals surface area contributed by atoms with Crippen molar-refractivity contribution in [3.63, 3.8) is 0 Å². The molecule has 1 unspecified atom stereocenters. The lowest BCUT2D eigenvalue weighted by Crippen LogP contribution is -2.49. The van der Waals surface area contributed by atoms with Gasteiger partial charge >= 0.3 is 0 Å². The minimum Gasteiger partial charge on any atom is -0.495 e. The van der Waals surface area contributed by atoms with Crippen LogP contribution in [0.2, 0.25) is 0 Å². The molecule has 0 radical (unpaired) electrons. The molecule has 0 spiro atoms. The van der Waals surface area contributed by atoms with Crippen LogP contribution in [0.3, 0.4) is 0 Å². The van der Waals surface area contributed by atoms with E-state index in [1.165, 1.54) is 5.56 Å². The zero-order chi connectivity index (χ0) is 21.6. The topological polar surface area (TPSA) is 69.2 Å². The smallest absolute Gasteiger partial charge is 0.246 e. The van der Waals surface area contributed by atoms with Gasteiger partial charge in [-0.15, -0.1) is 0 Å². The van der Waals surface area contributed by atoms with Crippen LogP contribution in [-0.4, -0.2) is 58.2 Å². The second-order valence-electron chi connectivity index (χ2n) is 7.95. The molecule has 2 aromatic rings. The molecule has 0 saturated carbocycles. The van der Waals surface area contributed by atoms with Crippen LogP contribution in [0.5, 0.6) is 5.75 Å². The first-order chi connectivity index (χ1) is 15.2. The fourth-order valence-corrected chi connectivity index (χ4v) is 4.42. The van der Waals surface area contributed by atoms with E-state index in [4.69, 9.17) is 4.74 Å². The highest BCUT2D eigenvalue weighted by Crippen LogP contribution is 2.30. The van der Waals surface area contributed by atoms with Crippen LogP contribution in [0.1, 0.15) is 18.4 Å². The molecule has 7 heteroatoms. The number of aryl methyl sites for hydroxylation is 1. The molecule has 2 aromatic carbocycles. The number of carbonyl (C=O) groups is 1. The number of nitrogens with zero attached hydrogens (tertiary/aromatic N) is 3. The lowest BCUT2D eigenvalue weighted by molar-refractivity contribution is -0.117. The molecule has 0 bridgehead atoms. The van der Waals surface area contributed by atoms with Gasteiger partial charge in [-0.25, -0.2) is 0 Å². The molecular weight excluding hydrogens is 390 g/mol. The summed E-state index contributed by atoms with van der Waals surface area (Å²) in [6.45, 7) is 2.78. The first-order valence-electron chi connectivity index (χ1n) is 10.9. The summed E-state index contributed by atoms with van der Waals surface area (Å²) in [6, 6.07) is 16.5. The number of nitrogens with one attached hydrogen (secondary N) is 2. The third-order valence-electron chi connectivity index (χ3n) is 6.00. The van der Waals surface area contributed by atoms with E-state index in [2.05, 4.69) is 32.7 Å². The number of aliphatic imine (C=N–C) groups is 1. The molecule has 1 saturated heterocycles. The van der Waals surface area contributed by atoms with Gasteiger partial charge in [0.15, 0.2) is 5.96 Å². The molecule has 2 heterocycles. The highest BCUT2D eigenvalue weighted by atomic mass is 16.5. The summed E-state index contributed by atoms with van der Waals surface area (Å²) >= 11 is 0. The van der Waals surface area contributed by atoms with Crippen molar-refractivity contribution < 1.29 is 9.53 Å². The number of para-hydroxylation sites is 3. The molecule has 2 N–H and O–H groups in total. The van der Waals surface area contributed by atoms with Crippen LogP contribution >= 0.6 is 0 Å². The average molecular weight is 422 g/mol. The number of guanidine groups is 1. The number of amides is 1. The minimum absolute atomic E-state index is 0.0668. The molecule has 2 aliphatic heterocycles. The highest BCUT2D eigenvalue weighted by molar-refractivity contribution is 5.98. The Hall–Kier alpha value is -3.22. The van der Waals surface area contributed by atoms with Crippen LogP contribution in [0.25, 0.3) is 0 Å². The summed E-state index contributed by atoms with van der Waals surface area (Å²) in [5.74, 6) is 1.61. The number of ether oxygens (including phenoxy) is 1. The summed E-state index contributed by atoms with van der Waals surface area (Å²) in [5, 5.41) is 6.67. The zero-order valence-electron chi connectivity index (χ0n) is 18.3. The van der Waals surface area contributed by atoms with E-state index in [0.29, 0.717) is 5.96 Å². The second kappa shape index (κ2) is 9.73. The first-order valence-corrected chi connectivity index (χ1v) is 10.9. The standard InChI is InChI=1S/C24H31N5O2/c1-25-24(26-16-23(30)29-14-7-9-18-8-3-4-10-20(18)29)27-19-13-15-28(17-19)21-11-5-6-12-22(21)31-2/h3-6,8,10-12,19H,7,9,13-17H2,1-2H3,(H2,25,26,27). The van der Waals surface area contributed by atoms with Gasteiger partial charge in [0.1, 0.15) is 5.75 Å². The van der Waals surface area contributed by atoms with Crippen molar-refractivity contribution in [1.29, 1.82) is 0 Å². The van der Waals surface area contributed by atoms with Crippen LogP contribution in [0.15, 0.2) is 53.5 Å². The maximum atomic E-state index is 12.9. The van der Waals surface area contributed by atoms with Crippen molar-refractivity contribution in [3.05, 3.63) is 54.1 Å². The quantitative estimate of drug-likeness (QED) is 0.573. The Labute approximate surface area is 184 Å². The van der Waals surface area contributed by atoms with Crippen molar-refractivity contribution >= 4 is 23.2 Å². The number of methoxy groups -OCH3 is 1. The Balaban J connectivity index is 1.31. The summed E-state index contributed by atoms with van der Waals surface area (Å²) in [5.41, 5.74) is 3.38. The van der Waals surface area contributed by atoms with Crippen LogP contribution in [0.4, 0.5) is 11.4 Å². The van der Waals surface area contributed by atoms with Crippen molar-refractivity contribution in [2.45, 2.75) is 25.3 Å². The maximum absolute atomic E-state index is 12.9. The van der Waals surface area contributed by atoms with Gasteiger partial charge in [0.2, 0.25) is 5.91 Å². The Bertz CT molecular complexity index is 945. The first kappa shape index (κ1) is 21.0. The molecule has 1 amide bonds. The fourth-order valence-electron chi connectivity index (χ4n) is 4.42. The normalized spacial score (nSPS) is 18.5. The molecule has 2 aliphatic rings. The fraction of sp³-hybridized carbons (Fsp3) is 0.417. The van der Waals surface area contributed by atoms with Crippen molar-refractivity contribution in [2.75, 3.05) is 50.1 Å². The van der Waals surface area contributed by atoms with Gasteiger partial charge < -0.3 is 25.2 Å². The number of hydrogen-bond acceptors (Lipinski definition) is 4. The third kappa shape index (κ3) is 4.76. The van der Waals surface area contributed by atoms with Gasteiger partial charge in [0.05, 0.1) is 19.3 Å². The minimum atomic E-state index is 0.0668. The van der Waals surface area contributed by atoms with E-state index in [-0.39, 0.29) is 18.5 Å². The predicted molar refractivity (Wildman–Crippen MR) is 125 cm³/mol. The molecule has 31 heavy (non-hydrogen) atoms. The number of rotatable bonds is 5. The Morgan fingerprint density at radius 3 is 2.71 bits per heavy atom. The van der Waals surface area contributed by atoms with Crippen molar-refractivity contribution in [3.8, 4) is 5.75 Å². The Morgan fingerprint density at radius 2 is 1.90 bits per heavy atom. The second-order valence-corrected chi connectivity index (χ2v) is 7.95. The Morgan fingerprint density at radius 1 is 1.13 bits per heavy atom. The van der Waals surface area contributed by atoms with E-state index in [9.17, 15) is 4.79 Å². The van der Waals surface area contributed by atoms with Gasteiger partial charge in [-0.2, -0.15) is 0 Å². The molecule has 1 atom stereocenters. The van der Waals surface area contributed by atoms with Crippen molar-refractivity contribution in [1.82, 2.24) is 10.6 Å². The number of anilines is 2. The van der Waals surface area contributed by atoms with Crippen LogP contribution in [0, 0.1) is 0 Å². The van der Waals surface area contributed by atoms with Crippen LogP contribution < -0.4 is 25.2 Å². The Kier molecular flexibility index (Phi) is 6.60. The maximum Gasteiger partial charge on any atom is 0.246 e. The van der Waals surface area contributed by atoms with Crippen molar-refractivity contribution in [2.24, 2.45) is 4.99 Å². The SMILES string of the molecule is CN=C(NCC(=O)N1CCCc2ccccc21)NC1CCN(c2ccccc2OC)C1. The van der Waals surface area contributed by atoms with Gasteiger partial charge in [-0.3, -0.25) is 9.79 Å². The van der Waals surface area contributed by atoms with Gasteiger partial charge in [-0.1, -0.05) is 30.3 Å². The lowest BCUT2D eigenvalue weighted by Gasteiger charge is -2.30. The van der Waals surface area contributed by atoms with Gasteiger partial charge in [0, 0.05) is 38.4 Å². The summed E-state index contributed by atoms with van der Waals surface area (Å²) < 4.78 is 5.50. The predicted octanol–water partition coefficient (Wildman–Crippen LogP) is 2.42. The third-order valence-corrected chi connectivity index (χ3v) is 6.00. The van der Waals surface area contributed by atoms with E-state index in [0.717, 1.165) is 56.0 Å².